The van der Waals surface area contributed by atoms with Crippen LogP contribution in [-0.2, 0) is 4.79 Å². The monoisotopic (exact) mass is 182 g/mol. The molecule has 1 atom stereocenters. The van der Waals surface area contributed by atoms with Crippen molar-refractivity contribution in [2.75, 3.05) is 19.3 Å². The molecule has 1 amide bonds. The maximum absolute atomic E-state index is 11.2. The maximum atomic E-state index is 11.2. The molecule has 0 aromatic carbocycles. The van der Waals surface area contributed by atoms with Gasteiger partial charge in [0.2, 0.25) is 11.8 Å². The summed E-state index contributed by atoms with van der Waals surface area (Å²) in [6.07, 6.45) is 0.429. The Bertz CT molecular complexity index is 335. The minimum Gasteiger partial charge on any atom is -0.408 e. The SMILES string of the molecule is CN1C[C@@H](c2nnc(N)o2)CC1=O. The number of amides is 1. The Kier molecular flexibility index (Phi) is 1.68. The third kappa shape index (κ3) is 1.34. The van der Waals surface area contributed by atoms with Gasteiger partial charge in [-0.05, 0) is 0 Å². The summed E-state index contributed by atoms with van der Waals surface area (Å²) in [6.45, 7) is 0.625. The largest absolute Gasteiger partial charge is 0.408 e. The minimum atomic E-state index is 0.00213. The first-order chi connectivity index (χ1) is 6.16. The van der Waals surface area contributed by atoms with Gasteiger partial charge in [0, 0.05) is 20.0 Å². The number of carbonyl (C=O) groups is 1. The van der Waals surface area contributed by atoms with E-state index in [4.69, 9.17) is 10.2 Å². The van der Waals surface area contributed by atoms with Gasteiger partial charge in [-0.25, -0.2) is 0 Å². The smallest absolute Gasteiger partial charge is 0.312 e. The Morgan fingerprint density at radius 3 is 2.85 bits per heavy atom. The van der Waals surface area contributed by atoms with Crippen LogP contribution < -0.4 is 5.73 Å². The van der Waals surface area contributed by atoms with Gasteiger partial charge in [-0.15, -0.1) is 5.10 Å². The molecule has 0 unspecified atom stereocenters. The highest BCUT2D eigenvalue weighted by Crippen LogP contribution is 2.26. The molecule has 13 heavy (non-hydrogen) atoms. The van der Waals surface area contributed by atoms with Gasteiger partial charge < -0.3 is 15.1 Å². The van der Waals surface area contributed by atoms with Crippen molar-refractivity contribution in [3.05, 3.63) is 5.89 Å². The summed E-state index contributed by atoms with van der Waals surface area (Å²) in [5.41, 5.74) is 5.28. The van der Waals surface area contributed by atoms with Gasteiger partial charge in [-0.1, -0.05) is 5.10 Å². The number of carbonyl (C=O) groups excluding carboxylic acids is 1. The van der Waals surface area contributed by atoms with Crippen molar-refractivity contribution in [1.82, 2.24) is 15.1 Å². The first-order valence-electron chi connectivity index (χ1n) is 3.99. The lowest BCUT2D eigenvalue weighted by Gasteiger charge is -2.05. The molecule has 0 radical (unpaired) electrons. The van der Waals surface area contributed by atoms with Crippen LogP contribution in [0.15, 0.2) is 4.42 Å². The Morgan fingerprint density at radius 2 is 2.38 bits per heavy atom. The van der Waals surface area contributed by atoms with Crippen molar-refractivity contribution in [2.45, 2.75) is 12.3 Å². The molecule has 1 aliphatic rings. The van der Waals surface area contributed by atoms with Crippen molar-refractivity contribution in [3.63, 3.8) is 0 Å². The molecule has 70 valence electrons. The van der Waals surface area contributed by atoms with Crippen LogP contribution in [0.5, 0.6) is 0 Å². The van der Waals surface area contributed by atoms with Crippen molar-refractivity contribution < 1.29 is 9.21 Å². The first-order valence-corrected chi connectivity index (χ1v) is 3.99. The second-order valence-corrected chi connectivity index (χ2v) is 3.15. The number of anilines is 1. The van der Waals surface area contributed by atoms with Gasteiger partial charge in [0.1, 0.15) is 0 Å². The van der Waals surface area contributed by atoms with E-state index < -0.39 is 0 Å². The normalized spacial score (nSPS) is 22.7. The summed E-state index contributed by atoms with van der Waals surface area (Å²) >= 11 is 0. The fourth-order valence-electron chi connectivity index (χ4n) is 1.44. The van der Waals surface area contributed by atoms with Gasteiger partial charge in [-0.3, -0.25) is 4.79 Å². The molecule has 6 heteroatoms. The van der Waals surface area contributed by atoms with Crippen LogP contribution in [0.4, 0.5) is 6.01 Å². The number of nitrogens with two attached hydrogens (primary N) is 1. The molecule has 0 spiro atoms. The number of likely N-dealkylation sites (tertiary alicyclic amines) is 1. The molecule has 2 heterocycles. The summed E-state index contributed by atoms with van der Waals surface area (Å²) in [6, 6.07) is 0.0528. The Balaban J connectivity index is 2.16. The zero-order valence-corrected chi connectivity index (χ0v) is 7.23. The topological polar surface area (TPSA) is 85.2 Å². The van der Waals surface area contributed by atoms with E-state index >= 15 is 0 Å². The molecule has 0 saturated carbocycles. The van der Waals surface area contributed by atoms with Crippen LogP contribution in [0, 0.1) is 0 Å². The average Bonchev–Trinajstić information content (AvgIpc) is 2.61. The predicted molar refractivity (Wildman–Crippen MR) is 43.7 cm³/mol. The fourth-order valence-corrected chi connectivity index (χ4v) is 1.44. The van der Waals surface area contributed by atoms with E-state index in [1.165, 1.54) is 0 Å². The van der Waals surface area contributed by atoms with Crippen molar-refractivity contribution in [2.24, 2.45) is 0 Å². The van der Waals surface area contributed by atoms with E-state index in [1.54, 1.807) is 11.9 Å². The minimum absolute atomic E-state index is 0.00213. The zero-order chi connectivity index (χ0) is 9.42. The van der Waals surface area contributed by atoms with Crippen molar-refractivity contribution in [3.8, 4) is 0 Å². The molecule has 1 saturated heterocycles. The van der Waals surface area contributed by atoms with Crippen molar-refractivity contribution >= 4 is 11.9 Å². The summed E-state index contributed by atoms with van der Waals surface area (Å²) in [5, 5.41) is 7.29. The Hall–Kier alpha value is -1.59. The lowest BCUT2D eigenvalue weighted by atomic mass is 10.1. The van der Waals surface area contributed by atoms with Gasteiger partial charge in [0.25, 0.3) is 0 Å². The number of rotatable bonds is 1. The molecule has 0 bridgehead atoms. The van der Waals surface area contributed by atoms with Crippen LogP contribution in [0.25, 0.3) is 0 Å². The lowest BCUT2D eigenvalue weighted by Crippen LogP contribution is -2.18. The van der Waals surface area contributed by atoms with Gasteiger partial charge in [-0.2, -0.15) is 0 Å². The highest BCUT2D eigenvalue weighted by Gasteiger charge is 2.31. The molecule has 1 aromatic heterocycles. The van der Waals surface area contributed by atoms with Crippen LogP contribution in [0.2, 0.25) is 0 Å². The molecule has 1 aromatic rings. The highest BCUT2D eigenvalue weighted by molar-refractivity contribution is 5.79. The Morgan fingerprint density at radius 1 is 1.62 bits per heavy atom. The molecule has 0 aliphatic carbocycles. The van der Waals surface area contributed by atoms with E-state index in [0.29, 0.717) is 18.9 Å². The molecule has 1 fully saturated rings. The summed E-state index contributed by atoms with van der Waals surface area (Å²) < 4.78 is 5.04. The molecule has 6 nitrogen and oxygen atoms in total. The third-order valence-electron chi connectivity index (χ3n) is 2.15. The number of hydrogen-bond acceptors (Lipinski definition) is 5. The summed E-state index contributed by atoms with van der Waals surface area (Å²) in [5.74, 6) is 0.555. The van der Waals surface area contributed by atoms with Gasteiger partial charge >= 0.3 is 6.01 Å². The van der Waals surface area contributed by atoms with Crippen LogP contribution >= 0.6 is 0 Å². The molecule has 2 rings (SSSR count). The van der Waals surface area contributed by atoms with E-state index in [-0.39, 0.29) is 17.8 Å². The van der Waals surface area contributed by atoms with Crippen LogP contribution in [-0.4, -0.2) is 34.6 Å². The molecule has 2 N–H and O–H groups in total. The standard InChI is InChI=1S/C7H10N4O2/c1-11-3-4(2-5(11)12)6-9-10-7(8)13-6/h4H,2-3H2,1H3,(H2,8,10)/t4-/m0/s1. The van der Waals surface area contributed by atoms with Crippen LogP contribution in [0.3, 0.4) is 0 Å². The Labute approximate surface area is 74.7 Å². The average molecular weight is 182 g/mol. The van der Waals surface area contributed by atoms with Gasteiger partial charge in [0.15, 0.2) is 0 Å². The molecule has 1 aliphatic heterocycles. The number of nitrogen functional groups attached to an aromatic ring is 1. The number of likely N-dealkylation sites (N-methyl/N-ethyl adjacent to an activating group) is 1. The first kappa shape index (κ1) is 8.03. The zero-order valence-electron chi connectivity index (χ0n) is 7.23. The number of hydrogen-bond donors (Lipinski definition) is 1. The van der Waals surface area contributed by atoms with Gasteiger partial charge in [0.05, 0.1) is 5.92 Å². The second kappa shape index (κ2) is 2.72. The van der Waals surface area contributed by atoms with E-state index in [1.807, 2.05) is 0 Å². The van der Waals surface area contributed by atoms with Crippen molar-refractivity contribution in [1.29, 1.82) is 0 Å². The lowest BCUT2D eigenvalue weighted by molar-refractivity contribution is -0.126. The summed E-state index contributed by atoms with van der Waals surface area (Å²) in [4.78, 5) is 12.8. The number of nitrogens with zero attached hydrogens (tertiary/aromatic N) is 3. The fraction of sp³-hybridized carbons (Fsp3) is 0.571. The maximum Gasteiger partial charge on any atom is 0.312 e. The van der Waals surface area contributed by atoms with E-state index in [0.717, 1.165) is 0 Å². The predicted octanol–water partition coefficient (Wildman–Crippen LogP) is -0.403. The second-order valence-electron chi connectivity index (χ2n) is 3.15. The molecular formula is C7H10N4O2. The van der Waals surface area contributed by atoms with E-state index in [2.05, 4.69) is 10.2 Å². The quantitative estimate of drug-likeness (QED) is 0.638. The molecular weight excluding hydrogens is 172 g/mol. The highest BCUT2D eigenvalue weighted by atomic mass is 16.4. The third-order valence-corrected chi connectivity index (χ3v) is 2.15. The number of aromatic nitrogens is 2. The van der Waals surface area contributed by atoms with E-state index in [9.17, 15) is 4.79 Å². The summed E-state index contributed by atoms with van der Waals surface area (Å²) in [7, 11) is 1.75. The van der Waals surface area contributed by atoms with Crippen LogP contribution in [0.1, 0.15) is 18.2 Å².